The van der Waals surface area contributed by atoms with Crippen LogP contribution in [0.15, 0.2) is 6.20 Å². The van der Waals surface area contributed by atoms with Crippen molar-refractivity contribution in [1.82, 2.24) is 15.1 Å². The monoisotopic (exact) mass is 290 g/mol. The van der Waals surface area contributed by atoms with Crippen molar-refractivity contribution in [2.45, 2.75) is 57.5 Å². The lowest BCUT2D eigenvalue weighted by Gasteiger charge is -2.43. The van der Waals surface area contributed by atoms with Crippen LogP contribution in [0.3, 0.4) is 0 Å². The molecule has 0 radical (unpaired) electrons. The average molecular weight is 290 g/mol. The van der Waals surface area contributed by atoms with Crippen molar-refractivity contribution in [3.63, 3.8) is 0 Å². The molecular formula is C15H22N4O2. The summed E-state index contributed by atoms with van der Waals surface area (Å²) in [6.07, 6.45) is 6.03. The van der Waals surface area contributed by atoms with Crippen LogP contribution in [0, 0.1) is 0 Å². The van der Waals surface area contributed by atoms with E-state index in [1.807, 2.05) is 20.2 Å². The van der Waals surface area contributed by atoms with Crippen LogP contribution in [0.2, 0.25) is 0 Å². The van der Waals surface area contributed by atoms with E-state index in [1.54, 1.807) is 16.5 Å². The van der Waals surface area contributed by atoms with Crippen LogP contribution in [0.4, 0.5) is 5.69 Å². The zero-order valence-electron chi connectivity index (χ0n) is 12.8. The molecule has 6 nitrogen and oxygen atoms in total. The van der Waals surface area contributed by atoms with Gasteiger partial charge >= 0.3 is 0 Å². The van der Waals surface area contributed by atoms with Gasteiger partial charge in [-0.05, 0) is 26.2 Å². The van der Waals surface area contributed by atoms with Gasteiger partial charge in [-0.3, -0.25) is 19.2 Å². The summed E-state index contributed by atoms with van der Waals surface area (Å²) in [5.41, 5.74) is 0.948. The number of nitrogens with zero attached hydrogens (tertiary/aromatic N) is 3. The quantitative estimate of drug-likeness (QED) is 0.888. The molecule has 1 spiro atoms. The van der Waals surface area contributed by atoms with Crippen LogP contribution in [-0.4, -0.2) is 33.2 Å². The standard InChI is InChI=1S/C15H22N4O2/c1-4-11-12(9-18(3)17-11)19-10(2)13(20)16-15(14(19)21)7-5-6-8-15/h9-10H,4-8H2,1-3H3,(H,16,20). The number of hydrogen-bond donors (Lipinski definition) is 1. The highest BCUT2D eigenvalue weighted by Gasteiger charge is 2.51. The summed E-state index contributed by atoms with van der Waals surface area (Å²) in [4.78, 5) is 27.1. The molecule has 1 aliphatic carbocycles. The Kier molecular flexibility index (Phi) is 3.26. The Morgan fingerprint density at radius 3 is 2.67 bits per heavy atom. The minimum Gasteiger partial charge on any atom is -0.340 e. The Labute approximate surface area is 124 Å². The van der Waals surface area contributed by atoms with Crippen molar-refractivity contribution < 1.29 is 9.59 Å². The van der Waals surface area contributed by atoms with Gasteiger partial charge in [-0.15, -0.1) is 0 Å². The minimum absolute atomic E-state index is 0.0230. The van der Waals surface area contributed by atoms with Crippen LogP contribution < -0.4 is 10.2 Å². The van der Waals surface area contributed by atoms with Gasteiger partial charge in [0.1, 0.15) is 11.6 Å². The maximum Gasteiger partial charge on any atom is 0.253 e. The van der Waals surface area contributed by atoms with E-state index >= 15 is 0 Å². The van der Waals surface area contributed by atoms with Gasteiger partial charge in [0.05, 0.1) is 11.4 Å². The fraction of sp³-hybridized carbons (Fsp3) is 0.667. The highest BCUT2D eigenvalue weighted by molar-refractivity contribution is 6.11. The normalized spacial score (nSPS) is 24.7. The molecule has 6 heteroatoms. The van der Waals surface area contributed by atoms with Crippen LogP contribution >= 0.6 is 0 Å². The number of carbonyl (C=O) groups excluding carboxylic acids is 2. The molecular weight excluding hydrogens is 268 g/mol. The maximum absolute atomic E-state index is 13.1. The average Bonchev–Trinajstić information content (AvgIpc) is 3.05. The summed E-state index contributed by atoms with van der Waals surface area (Å²) in [5.74, 6) is -0.0443. The first kappa shape index (κ1) is 14.1. The summed E-state index contributed by atoms with van der Waals surface area (Å²) < 4.78 is 1.71. The van der Waals surface area contributed by atoms with Crippen LogP contribution in [0.1, 0.15) is 45.2 Å². The summed E-state index contributed by atoms with van der Waals surface area (Å²) in [6, 6.07) is -0.488. The highest BCUT2D eigenvalue weighted by Crippen LogP contribution is 2.37. The van der Waals surface area contributed by atoms with Crippen molar-refractivity contribution in [2.75, 3.05) is 4.90 Å². The minimum atomic E-state index is -0.690. The van der Waals surface area contributed by atoms with Crippen LogP contribution in [0.25, 0.3) is 0 Å². The molecule has 114 valence electrons. The summed E-state index contributed by atoms with van der Waals surface area (Å²) in [5, 5.41) is 7.38. The second-order valence-corrected chi connectivity index (χ2v) is 6.12. The van der Waals surface area contributed by atoms with Gasteiger partial charge in [0, 0.05) is 13.2 Å². The summed E-state index contributed by atoms with van der Waals surface area (Å²) in [7, 11) is 1.84. The van der Waals surface area contributed by atoms with Gasteiger partial charge in [0.2, 0.25) is 5.91 Å². The molecule has 2 amide bonds. The zero-order chi connectivity index (χ0) is 15.2. The van der Waals surface area contributed by atoms with Crippen molar-refractivity contribution in [3.05, 3.63) is 11.9 Å². The van der Waals surface area contributed by atoms with Crippen molar-refractivity contribution in [1.29, 1.82) is 0 Å². The largest absolute Gasteiger partial charge is 0.340 e. The number of nitrogens with one attached hydrogen (secondary N) is 1. The van der Waals surface area contributed by atoms with E-state index in [0.29, 0.717) is 0 Å². The number of piperazine rings is 1. The fourth-order valence-corrected chi connectivity index (χ4v) is 3.53. The Morgan fingerprint density at radius 2 is 2.05 bits per heavy atom. The van der Waals surface area contributed by atoms with Crippen molar-refractivity contribution in [3.8, 4) is 0 Å². The lowest BCUT2D eigenvalue weighted by atomic mass is 9.90. The molecule has 1 atom stereocenters. The second-order valence-electron chi connectivity index (χ2n) is 6.12. The second kappa shape index (κ2) is 4.86. The molecule has 1 aliphatic heterocycles. The molecule has 0 aromatic carbocycles. The third kappa shape index (κ3) is 2.04. The van der Waals surface area contributed by atoms with E-state index < -0.39 is 11.6 Å². The molecule has 2 heterocycles. The van der Waals surface area contributed by atoms with Gasteiger partial charge in [-0.25, -0.2) is 0 Å². The van der Waals surface area contributed by atoms with E-state index in [-0.39, 0.29) is 11.8 Å². The van der Waals surface area contributed by atoms with E-state index in [9.17, 15) is 9.59 Å². The third-order valence-electron chi connectivity index (χ3n) is 4.69. The van der Waals surface area contributed by atoms with E-state index in [2.05, 4.69) is 10.4 Å². The summed E-state index contributed by atoms with van der Waals surface area (Å²) in [6.45, 7) is 3.79. The topological polar surface area (TPSA) is 67.2 Å². The number of carbonyl (C=O) groups is 2. The number of aromatic nitrogens is 2. The number of rotatable bonds is 2. The predicted octanol–water partition coefficient (Wildman–Crippen LogP) is 1.15. The molecule has 1 unspecified atom stereocenters. The van der Waals surface area contributed by atoms with Gasteiger partial charge in [-0.2, -0.15) is 5.10 Å². The van der Waals surface area contributed by atoms with Crippen molar-refractivity contribution in [2.24, 2.45) is 7.05 Å². The number of hydrogen-bond acceptors (Lipinski definition) is 3. The van der Waals surface area contributed by atoms with Gasteiger partial charge < -0.3 is 5.32 Å². The molecule has 1 saturated carbocycles. The predicted molar refractivity (Wildman–Crippen MR) is 78.9 cm³/mol. The van der Waals surface area contributed by atoms with Gasteiger partial charge in [0.15, 0.2) is 0 Å². The number of anilines is 1. The lowest BCUT2D eigenvalue weighted by Crippen LogP contribution is -2.69. The lowest BCUT2D eigenvalue weighted by molar-refractivity contribution is -0.137. The molecule has 1 N–H and O–H groups in total. The first-order valence-electron chi connectivity index (χ1n) is 7.67. The van der Waals surface area contributed by atoms with Crippen LogP contribution in [-0.2, 0) is 23.1 Å². The zero-order valence-corrected chi connectivity index (χ0v) is 12.8. The molecule has 1 aromatic rings. The Morgan fingerprint density at radius 1 is 1.38 bits per heavy atom. The van der Waals surface area contributed by atoms with Gasteiger partial charge in [-0.1, -0.05) is 19.8 Å². The molecule has 0 bridgehead atoms. The van der Waals surface area contributed by atoms with E-state index in [0.717, 1.165) is 43.5 Å². The summed E-state index contributed by atoms with van der Waals surface area (Å²) >= 11 is 0. The molecule has 2 aliphatic rings. The first-order chi connectivity index (χ1) is 9.98. The number of aryl methyl sites for hydroxylation is 2. The van der Waals surface area contributed by atoms with E-state index in [4.69, 9.17) is 0 Å². The van der Waals surface area contributed by atoms with Crippen LogP contribution in [0.5, 0.6) is 0 Å². The fourth-order valence-electron chi connectivity index (χ4n) is 3.53. The van der Waals surface area contributed by atoms with E-state index in [1.165, 1.54) is 0 Å². The molecule has 3 rings (SSSR count). The Hall–Kier alpha value is -1.85. The Balaban J connectivity index is 2.05. The number of amides is 2. The third-order valence-corrected chi connectivity index (χ3v) is 4.69. The molecule has 21 heavy (non-hydrogen) atoms. The SMILES string of the molecule is CCc1nn(C)cc1N1C(=O)C2(CCCC2)NC(=O)C1C. The van der Waals surface area contributed by atoms with Gasteiger partial charge in [0.25, 0.3) is 5.91 Å². The smallest absolute Gasteiger partial charge is 0.253 e. The Bertz CT molecular complexity index is 586. The molecule has 1 saturated heterocycles. The molecule has 2 fully saturated rings. The highest BCUT2D eigenvalue weighted by atomic mass is 16.2. The maximum atomic E-state index is 13.1. The van der Waals surface area contributed by atoms with Crippen molar-refractivity contribution >= 4 is 17.5 Å². The first-order valence-corrected chi connectivity index (χ1v) is 7.67. The molecule has 1 aromatic heterocycles.